The van der Waals surface area contributed by atoms with Crippen LogP contribution in [0.2, 0.25) is 0 Å². The van der Waals surface area contributed by atoms with Gasteiger partial charge in [-0.1, -0.05) is 72.8 Å². The molecule has 0 bridgehead atoms. The first-order valence-corrected chi connectivity index (χ1v) is 15.2. The molecule has 240 valence electrons. The summed E-state index contributed by atoms with van der Waals surface area (Å²) >= 11 is 0. The molecule has 2 amide bonds. The van der Waals surface area contributed by atoms with Gasteiger partial charge in [-0.3, -0.25) is 14.4 Å². The summed E-state index contributed by atoms with van der Waals surface area (Å²) in [5.74, 6) is -2.12. The van der Waals surface area contributed by atoms with Crippen molar-refractivity contribution >= 4 is 17.8 Å². The lowest BCUT2D eigenvalue weighted by Gasteiger charge is -2.30. The molecule has 4 atom stereocenters. The van der Waals surface area contributed by atoms with Gasteiger partial charge >= 0.3 is 5.97 Å². The number of methoxy groups -OCH3 is 1. The molecule has 0 aliphatic carbocycles. The van der Waals surface area contributed by atoms with Crippen LogP contribution >= 0.6 is 0 Å². The maximum absolute atomic E-state index is 13.8. The van der Waals surface area contributed by atoms with Crippen LogP contribution in [0.1, 0.15) is 49.3 Å². The second-order valence-electron chi connectivity index (χ2n) is 10.6. The Morgan fingerprint density at radius 1 is 0.955 bits per heavy atom. The van der Waals surface area contributed by atoms with Crippen molar-refractivity contribution in [2.75, 3.05) is 40.1 Å². The fraction of sp³-hybridized carbons (Fsp3) is 0.457. The number of carbonyl (C=O) groups is 3. The number of nitrogens with one attached hydrogen (secondary N) is 2. The molecule has 0 aliphatic rings. The Kier molecular flexibility index (Phi) is 18.1. The van der Waals surface area contributed by atoms with Gasteiger partial charge in [-0.25, -0.2) is 0 Å². The maximum atomic E-state index is 13.8. The quantitative estimate of drug-likeness (QED) is 0.0975. The molecule has 2 rings (SSSR count). The zero-order valence-electron chi connectivity index (χ0n) is 25.8. The second kappa shape index (κ2) is 21.8. The molecule has 2 aromatic carbocycles. The van der Waals surface area contributed by atoms with E-state index in [-0.39, 0.29) is 69.5 Å². The highest BCUT2D eigenvalue weighted by Gasteiger charge is 2.33. The van der Waals surface area contributed by atoms with Crippen LogP contribution in [0.25, 0.3) is 0 Å². The monoisotopic (exact) mass is 608 g/mol. The number of hydrogen-bond donors (Lipinski definition) is 3. The molecule has 0 heterocycles. The predicted octanol–water partition coefficient (Wildman–Crippen LogP) is 4.32. The molecule has 3 N–H and O–H groups in total. The summed E-state index contributed by atoms with van der Waals surface area (Å²) in [5, 5.41) is 14.5. The highest BCUT2D eigenvalue weighted by atomic mass is 16.5. The SMILES string of the molecule is C=CCCC[C@H](Cc1ccccc1)C(=O)O[C@@H](c1ccccc1)[C@H](COC)NC(=O)[C@H](CC=C)CC(=O)NCCOCCO. The van der Waals surface area contributed by atoms with E-state index in [1.54, 1.807) is 6.08 Å². The summed E-state index contributed by atoms with van der Waals surface area (Å²) < 4.78 is 16.9. The summed E-state index contributed by atoms with van der Waals surface area (Å²) in [6.07, 6.45) is 5.57. The normalized spacial score (nSPS) is 13.6. The first-order valence-electron chi connectivity index (χ1n) is 15.2. The Balaban J connectivity index is 2.24. The molecule has 44 heavy (non-hydrogen) atoms. The highest BCUT2D eigenvalue weighted by molar-refractivity contribution is 5.86. The molecule has 0 spiro atoms. The third kappa shape index (κ3) is 13.7. The molecule has 2 aromatic rings. The number of esters is 1. The summed E-state index contributed by atoms with van der Waals surface area (Å²) in [6, 6.07) is 18.4. The number of ether oxygens (including phenoxy) is 3. The van der Waals surface area contributed by atoms with Gasteiger partial charge in [0.05, 0.1) is 44.3 Å². The van der Waals surface area contributed by atoms with Crippen LogP contribution in [0.4, 0.5) is 0 Å². The van der Waals surface area contributed by atoms with E-state index in [0.29, 0.717) is 18.4 Å². The largest absolute Gasteiger partial charge is 0.455 e. The Labute approximate surface area is 261 Å². The second-order valence-corrected chi connectivity index (χ2v) is 10.6. The van der Waals surface area contributed by atoms with E-state index in [0.717, 1.165) is 18.4 Å². The molecule has 0 aromatic heterocycles. The van der Waals surface area contributed by atoms with Crippen LogP contribution in [0.3, 0.4) is 0 Å². The summed E-state index contributed by atoms with van der Waals surface area (Å²) in [5.41, 5.74) is 1.75. The third-order valence-electron chi connectivity index (χ3n) is 7.09. The fourth-order valence-corrected chi connectivity index (χ4v) is 4.85. The van der Waals surface area contributed by atoms with Crippen molar-refractivity contribution in [1.29, 1.82) is 0 Å². The number of aliphatic hydroxyl groups is 1. The van der Waals surface area contributed by atoms with Crippen LogP contribution < -0.4 is 10.6 Å². The third-order valence-corrected chi connectivity index (χ3v) is 7.09. The van der Waals surface area contributed by atoms with Crippen molar-refractivity contribution in [3.63, 3.8) is 0 Å². The molecule has 0 saturated heterocycles. The average Bonchev–Trinajstić information content (AvgIpc) is 3.03. The predicted molar refractivity (Wildman–Crippen MR) is 171 cm³/mol. The van der Waals surface area contributed by atoms with Crippen LogP contribution in [-0.4, -0.2) is 69.0 Å². The van der Waals surface area contributed by atoms with E-state index in [4.69, 9.17) is 19.3 Å². The fourth-order valence-electron chi connectivity index (χ4n) is 4.85. The maximum Gasteiger partial charge on any atom is 0.309 e. The number of unbranched alkanes of at least 4 members (excludes halogenated alkanes) is 1. The van der Waals surface area contributed by atoms with Gasteiger partial charge in [-0.15, -0.1) is 13.2 Å². The molecule has 9 heteroatoms. The Hall–Kier alpha value is -3.79. The standard InChI is InChI=1S/C35H48N2O7/c1-4-6-9-19-30(24-27-15-10-7-11-16-27)35(41)44-33(28-17-12-8-13-18-28)31(26-42-3)37-34(40)29(14-5-2)25-32(39)36-20-22-43-23-21-38/h4-5,7-8,10-13,15-18,29-31,33,38H,1-2,6,9,14,19-26H2,3H3,(H,36,39)(H,37,40)/t29-,30-,31+,33+/m1/s1. The lowest BCUT2D eigenvalue weighted by Crippen LogP contribution is -2.47. The molecule has 0 saturated carbocycles. The van der Waals surface area contributed by atoms with Gasteiger partial charge in [0, 0.05) is 20.1 Å². The van der Waals surface area contributed by atoms with E-state index in [1.165, 1.54) is 7.11 Å². The Morgan fingerprint density at radius 2 is 1.66 bits per heavy atom. The van der Waals surface area contributed by atoms with Gasteiger partial charge < -0.3 is 30.0 Å². The van der Waals surface area contributed by atoms with Gasteiger partial charge in [0.15, 0.2) is 0 Å². The number of benzene rings is 2. The molecule has 0 aliphatic heterocycles. The summed E-state index contributed by atoms with van der Waals surface area (Å²) in [6.45, 7) is 8.24. The Bertz CT molecular complexity index is 1130. The number of carbonyl (C=O) groups excluding carboxylic acids is 3. The topological polar surface area (TPSA) is 123 Å². The van der Waals surface area contributed by atoms with E-state index in [2.05, 4.69) is 23.8 Å². The van der Waals surface area contributed by atoms with Crippen LogP contribution in [0.5, 0.6) is 0 Å². The Morgan fingerprint density at radius 3 is 2.30 bits per heavy atom. The van der Waals surface area contributed by atoms with E-state index in [1.807, 2.05) is 66.7 Å². The van der Waals surface area contributed by atoms with Crippen molar-refractivity contribution in [2.45, 2.75) is 50.7 Å². The van der Waals surface area contributed by atoms with E-state index in [9.17, 15) is 14.4 Å². The average molecular weight is 609 g/mol. The molecule has 0 radical (unpaired) electrons. The summed E-state index contributed by atoms with van der Waals surface area (Å²) in [7, 11) is 1.52. The molecular weight excluding hydrogens is 560 g/mol. The molecule has 0 fully saturated rings. The van der Waals surface area contributed by atoms with E-state index < -0.39 is 18.1 Å². The zero-order valence-corrected chi connectivity index (χ0v) is 25.8. The van der Waals surface area contributed by atoms with E-state index >= 15 is 0 Å². The van der Waals surface area contributed by atoms with Crippen LogP contribution in [0.15, 0.2) is 86.0 Å². The van der Waals surface area contributed by atoms with Crippen molar-refractivity contribution in [3.8, 4) is 0 Å². The first kappa shape index (κ1) is 36.4. The minimum atomic E-state index is -0.827. The summed E-state index contributed by atoms with van der Waals surface area (Å²) in [4.78, 5) is 39.9. The number of rotatable bonds is 23. The first-order chi connectivity index (χ1) is 21.4. The van der Waals surface area contributed by atoms with Crippen molar-refractivity contribution in [1.82, 2.24) is 10.6 Å². The zero-order chi connectivity index (χ0) is 32.0. The minimum Gasteiger partial charge on any atom is -0.455 e. The number of hydrogen-bond acceptors (Lipinski definition) is 7. The van der Waals surface area contributed by atoms with Crippen molar-refractivity contribution < 1.29 is 33.7 Å². The minimum absolute atomic E-state index is 0.0597. The lowest BCUT2D eigenvalue weighted by atomic mass is 9.93. The van der Waals surface area contributed by atoms with Crippen molar-refractivity contribution in [2.24, 2.45) is 11.8 Å². The number of amides is 2. The molecule has 9 nitrogen and oxygen atoms in total. The van der Waals surface area contributed by atoms with Crippen LogP contribution in [0, 0.1) is 11.8 Å². The van der Waals surface area contributed by atoms with Gasteiger partial charge in [0.2, 0.25) is 11.8 Å². The number of allylic oxidation sites excluding steroid dienone is 2. The van der Waals surface area contributed by atoms with Gasteiger partial charge in [-0.2, -0.15) is 0 Å². The number of aliphatic hydroxyl groups excluding tert-OH is 1. The van der Waals surface area contributed by atoms with Crippen LogP contribution in [-0.2, 0) is 35.0 Å². The van der Waals surface area contributed by atoms with Gasteiger partial charge in [0.25, 0.3) is 0 Å². The smallest absolute Gasteiger partial charge is 0.309 e. The van der Waals surface area contributed by atoms with Crippen molar-refractivity contribution in [3.05, 3.63) is 97.1 Å². The molecular formula is C35H48N2O7. The van der Waals surface area contributed by atoms with Gasteiger partial charge in [-0.05, 0) is 43.2 Å². The highest BCUT2D eigenvalue weighted by Crippen LogP contribution is 2.27. The lowest BCUT2D eigenvalue weighted by molar-refractivity contribution is -0.158. The molecule has 0 unspecified atom stereocenters. The van der Waals surface area contributed by atoms with Gasteiger partial charge in [0.1, 0.15) is 6.10 Å².